The number of unbranched alkanes of at least 4 members (excludes halogenated alkanes) is 1. The van der Waals surface area contributed by atoms with Gasteiger partial charge >= 0.3 is 23.0 Å². The molecule has 3 N–H and O–H groups in total. The maximum absolute atomic E-state index is 10.4. The summed E-state index contributed by atoms with van der Waals surface area (Å²) in [6, 6.07) is 7.29. The fourth-order valence-electron chi connectivity index (χ4n) is 6.20. The van der Waals surface area contributed by atoms with E-state index in [1.165, 1.54) is 37.7 Å². The van der Waals surface area contributed by atoms with Gasteiger partial charge in [-0.3, -0.25) is 4.79 Å². The molecule has 1 radical (unpaired) electrons. The van der Waals surface area contributed by atoms with E-state index >= 15 is 0 Å². The first-order valence-corrected chi connectivity index (χ1v) is 12.7. The van der Waals surface area contributed by atoms with Crippen LogP contribution < -0.4 is 5.73 Å². The summed E-state index contributed by atoms with van der Waals surface area (Å²) in [4.78, 5) is 10.4. The molecular formula is C28H47CuNO2+2. The number of benzene rings is 1. The number of hydrogen-bond donors (Lipinski definition) is 2. The van der Waals surface area contributed by atoms with Crippen molar-refractivity contribution >= 4 is 5.97 Å². The molecule has 2 aliphatic rings. The van der Waals surface area contributed by atoms with Gasteiger partial charge in [0.05, 0.1) is 5.92 Å². The maximum Gasteiger partial charge on any atom is 2.00 e. The average molecular weight is 493 g/mol. The third-order valence-corrected chi connectivity index (χ3v) is 8.38. The van der Waals surface area contributed by atoms with E-state index in [2.05, 4.69) is 52.8 Å². The summed E-state index contributed by atoms with van der Waals surface area (Å²) in [6.07, 6.45) is 10.2. The minimum Gasteiger partial charge on any atom is -0.481 e. The Kier molecular flexibility index (Phi) is 11.5. The summed E-state index contributed by atoms with van der Waals surface area (Å²) in [5.74, 6) is 0.624. The second-order valence-corrected chi connectivity index (χ2v) is 10.9. The summed E-state index contributed by atoms with van der Waals surface area (Å²) >= 11 is 0. The van der Waals surface area contributed by atoms with Crippen LogP contribution in [0.25, 0.3) is 0 Å². The molecule has 0 heterocycles. The van der Waals surface area contributed by atoms with Crippen molar-refractivity contribution in [2.45, 2.75) is 111 Å². The van der Waals surface area contributed by atoms with Gasteiger partial charge in [0.15, 0.2) is 0 Å². The Bertz CT molecular complexity index is 734. The second kappa shape index (κ2) is 12.6. The molecule has 185 valence electrons. The Morgan fingerprint density at radius 3 is 2.44 bits per heavy atom. The number of nitrogens with two attached hydrogens (primary N) is 1. The number of aliphatic carboxylic acids is 1. The van der Waals surface area contributed by atoms with Crippen LogP contribution in [0.15, 0.2) is 18.2 Å². The van der Waals surface area contributed by atoms with Crippen molar-refractivity contribution in [2.24, 2.45) is 23.0 Å². The van der Waals surface area contributed by atoms with Crippen LogP contribution >= 0.6 is 0 Å². The average Bonchev–Trinajstić information content (AvgIpc) is 2.74. The van der Waals surface area contributed by atoms with Gasteiger partial charge in [0, 0.05) is 0 Å². The Morgan fingerprint density at radius 2 is 1.91 bits per heavy atom. The molecule has 0 amide bonds. The molecule has 1 saturated carbocycles. The largest absolute Gasteiger partial charge is 2.00 e. The van der Waals surface area contributed by atoms with Crippen LogP contribution in [-0.4, -0.2) is 17.6 Å². The zero-order valence-electron chi connectivity index (χ0n) is 21.3. The number of aryl methyl sites for hydroxylation is 1. The minimum absolute atomic E-state index is 0. The summed E-state index contributed by atoms with van der Waals surface area (Å²) in [5.41, 5.74) is 11.6. The van der Waals surface area contributed by atoms with Crippen LogP contribution in [0.4, 0.5) is 0 Å². The SMILES string of the molecule is CC(C)c1ccc2c(c1)CCC1C(C)(CN)CCCC21C.CCCCC(CC)C(=O)O.[Cu+2]. The van der Waals surface area contributed by atoms with E-state index in [-0.39, 0.29) is 23.0 Å². The van der Waals surface area contributed by atoms with E-state index in [9.17, 15) is 4.79 Å². The van der Waals surface area contributed by atoms with Crippen molar-refractivity contribution in [3.8, 4) is 0 Å². The van der Waals surface area contributed by atoms with Crippen molar-refractivity contribution < 1.29 is 27.0 Å². The smallest absolute Gasteiger partial charge is 0.481 e. The predicted molar refractivity (Wildman–Crippen MR) is 132 cm³/mol. The summed E-state index contributed by atoms with van der Waals surface area (Å²) in [5, 5.41) is 8.60. The van der Waals surface area contributed by atoms with E-state index in [1.54, 1.807) is 11.1 Å². The van der Waals surface area contributed by atoms with Gasteiger partial charge < -0.3 is 10.8 Å². The van der Waals surface area contributed by atoms with Crippen molar-refractivity contribution in [1.82, 2.24) is 0 Å². The zero-order valence-corrected chi connectivity index (χ0v) is 22.2. The Labute approximate surface area is 207 Å². The molecule has 4 heteroatoms. The monoisotopic (exact) mass is 492 g/mol. The van der Waals surface area contributed by atoms with Gasteiger partial charge in [0.2, 0.25) is 0 Å². The van der Waals surface area contributed by atoms with Crippen molar-refractivity contribution in [3.05, 3.63) is 34.9 Å². The van der Waals surface area contributed by atoms with Gasteiger partial charge in [0.1, 0.15) is 0 Å². The van der Waals surface area contributed by atoms with Crippen LogP contribution in [-0.2, 0) is 33.7 Å². The molecule has 0 aromatic heterocycles. The van der Waals surface area contributed by atoms with Crippen molar-refractivity contribution in [1.29, 1.82) is 0 Å². The van der Waals surface area contributed by atoms with Gasteiger partial charge in [-0.2, -0.15) is 0 Å². The van der Waals surface area contributed by atoms with Crippen LogP contribution in [0.3, 0.4) is 0 Å². The molecule has 4 unspecified atom stereocenters. The van der Waals surface area contributed by atoms with Crippen molar-refractivity contribution in [2.75, 3.05) is 6.54 Å². The Balaban J connectivity index is 0.000000400. The number of rotatable bonds is 7. The normalized spacial score (nSPS) is 27.3. The van der Waals surface area contributed by atoms with Crippen LogP contribution in [0.5, 0.6) is 0 Å². The van der Waals surface area contributed by atoms with Crippen LogP contribution in [0, 0.1) is 17.3 Å². The fraction of sp³-hybridized carbons (Fsp3) is 0.750. The molecular weight excluding hydrogens is 446 g/mol. The second-order valence-electron chi connectivity index (χ2n) is 10.9. The number of carbonyl (C=O) groups is 1. The van der Waals surface area contributed by atoms with Crippen LogP contribution in [0.2, 0.25) is 0 Å². The zero-order chi connectivity index (χ0) is 23.2. The molecule has 3 rings (SSSR count). The molecule has 0 aliphatic heterocycles. The molecule has 0 spiro atoms. The molecule has 1 aromatic carbocycles. The van der Waals surface area contributed by atoms with Gasteiger partial charge in [-0.15, -0.1) is 0 Å². The number of carboxylic acid groups (broad SMARTS) is 1. The molecule has 32 heavy (non-hydrogen) atoms. The van der Waals surface area contributed by atoms with E-state index in [4.69, 9.17) is 10.8 Å². The maximum atomic E-state index is 10.4. The van der Waals surface area contributed by atoms with E-state index in [0.717, 1.165) is 38.1 Å². The predicted octanol–water partition coefficient (Wildman–Crippen LogP) is 7.06. The minimum atomic E-state index is -0.643. The van der Waals surface area contributed by atoms with Gasteiger partial charge in [-0.05, 0) is 84.4 Å². The van der Waals surface area contributed by atoms with E-state index in [0.29, 0.717) is 16.7 Å². The molecule has 2 aliphatic carbocycles. The fourth-order valence-corrected chi connectivity index (χ4v) is 6.20. The Hall–Kier alpha value is -0.831. The van der Waals surface area contributed by atoms with Gasteiger partial charge in [-0.25, -0.2) is 0 Å². The molecule has 3 nitrogen and oxygen atoms in total. The molecule has 1 fully saturated rings. The number of hydrogen-bond acceptors (Lipinski definition) is 2. The summed E-state index contributed by atoms with van der Waals surface area (Å²) < 4.78 is 0. The molecule has 0 saturated heterocycles. The van der Waals surface area contributed by atoms with Gasteiger partial charge in [-0.1, -0.05) is 79.0 Å². The standard InChI is InChI=1S/C20H31N.C8H16O2.Cu/c1-14(2)15-6-8-17-16(12-15)7-9-18-19(3,13-21)10-5-11-20(17,18)4;1-3-5-6-7(4-2)8(9)10;/h6,8,12,14,18H,5,7,9-11,13,21H2,1-4H3;7H,3-6H2,1-2H3,(H,9,10);/q;;+2. The first-order chi connectivity index (χ1) is 14.6. The molecule has 1 aromatic rings. The molecule has 0 bridgehead atoms. The summed E-state index contributed by atoms with van der Waals surface area (Å²) in [7, 11) is 0. The van der Waals surface area contributed by atoms with Crippen molar-refractivity contribution in [3.63, 3.8) is 0 Å². The van der Waals surface area contributed by atoms with E-state index in [1.807, 2.05) is 6.92 Å². The third-order valence-electron chi connectivity index (χ3n) is 8.38. The van der Waals surface area contributed by atoms with Crippen LogP contribution in [0.1, 0.15) is 116 Å². The van der Waals surface area contributed by atoms with Gasteiger partial charge in [0.25, 0.3) is 0 Å². The number of carboxylic acids is 1. The summed E-state index contributed by atoms with van der Waals surface area (Å²) in [6.45, 7) is 14.4. The van der Waals surface area contributed by atoms with E-state index < -0.39 is 5.97 Å². The third kappa shape index (κ3) is 6.39. The topological polar surface area (TPSA) is 63.3 Å². The first-order valence-electron chi connectivity index (χ1n) is 12.7. The molecule has 4 atom stereocenters. The quantitative estimate of drug-likeness (QED) is 0.400. The Morgan fingerprint density at radius 1 is 1.22 bits per heavy atom. The number of fused-ring (bicyclic) bond motifs is 3. The first kappa shape index (κ1) is 29.2.